The van der Waals surface area contributed by atoms with Crippen LogP contribution in [0.2, 0.25) is 0 Å². The number of pyridine rings is 1. The van der Waals surface area contributed by atoms with Gasteiger partial charge in [0.2, 0.25) is 23.5 Å². The van der Waals surface area contributed by atoms with Crippen LogP contribution in [-0.2, 0) is 14.4 Å². The quantitative estimate of drug-likeness (QED) is 0.153. The molecule has 266 valence electrons. The fraction of sp³-hybridized carbons (Fsp3) is 0.368. The van der Waals surface area contributed by atoms with Gasteiger partial charge in [-0.3, -0.25) is 24.3 Å². The van der Waals surface area contributed by atoms with Crippen LogP contribution in [0.4, 0.5) is 15.8 Å². The fourth-order valence-electron chi connectivity index (χ4n) is 6.32. The van der Waals surface area contributed by atoms with E-state index in [1.165, 1.54) is 12.1 Å². The third kappa shape index (κ3) is 7.39. The molecule has 3 aliphatic rings. The maximum atomic E-state index is 15.5. The summed E-state index contributed by atoms with van der Waals surface area (Å²) in [6, 6.07) is 14.8. The number of hydrogen-bond donors (Lipinski definition) is 2. The van der Waals surface area contributed by atoms with Gasteiger partial charge in [0.25, 0.3) is 0 Å². The van der Waals surface area contributed by atoms with Gasteiger partial charge in [0.05, 0.1) is 17.5 Å². The van der Waals surface area contributed by atoms with Crippen molar-refractivity contribution >= 4 is 40.0 Å². The summed E-state index contributed by atoms with van der Waals surface area (Å²) in [5, 5.41) is 6.03. The van der Waals surface area contributed by atoms with E-state index in [0.717, 1.165) is 50.8 Å². The first-order valence-electron chi connectivity index (χ1n) is 17.2. The fourth-order valence-corrected chi connectivity index (χ4v) is 6.32. The molecule has 0 atom stereocenters. The molecule has 0 radical (unpaired) electrons. The lowest BCUT2D eigenvalue weighted by Crippen LogP contribution is -2.48. The van der Waals surface area contributed by atoms with Crippen LogP contribution in [-0.4, -0.2) is 85.0 Å². The Balaban J connectivity index is 1.01. The number of aryl methyl sites for hydroxylation is 1. The Hall–Kier alpha value is -5.43. The van der Waals surface area contributed by atoms with Gasteiger partial charge >= 0.3 is 0 Å². The largest absolute Gasteiger partial charge is 0.489 e. The molecule has 1 saturated heterocycles. The first kappa shape index (κ1) is 34.0. The lowest BCUT2D eigenvalue weighted by atomic mass is 10.0. The van der Waals surface area contributed by atoms with Crippen molar-refractivity contribution in [2.24, 2.45) is 5.41 Å². The van der Waals surface area contributed by atoms with Crippen molar-refractivity contribution < 1.29 is 37.7 Å². The van der Waals surface area contributed by atoms with Gasteiger partial charge in [0.15, 0.2) is 23.1 Å². The highest BCUT2D eigenvalue weighted by Crippen LogP contribution is 2.49. The molecule has 0 bridgehead atoms. The molecule has 4 aromatic rings. The van der Waals surface area contributed by atoms with Gasteiger partial charge in [-0.25, -0.2) is 4.39 Å². The van der Waals surface area contributed by atoms with Crippen LogP contribution < -0.4 is 29.6 Å². The van der Waals surface area contributed by atoms with Gasteiger partial charge in [0.1, 0.15) is 24.4 Å². The summed E-state index contributed by atoms with van der Waals surface area (Å²) in [6.45, 7) is 8.61. The predicted octanol–water partition coefficient (Wildman–Crippen LogP) is 5.54. The van der Waals surface area contributed by atoms with Crippen LogP contribution in [0.3, 0.4) is 0 Å². The molecule has 3 aromatic carbocycles. The Kier molecular flexibility index (Phi) is 9.63. The molecular formula is C38H40FN5O7. The zero-order valence-corrected chi connectivity index (χ0v) is 28.6. The molecule has 1 aliphatic carbocycles. The van der Waals surface area contributed by atoms with E-state index in [2.05, 4.69) is 20.5 Å². The number of amides is 3. The van der Waals surface area contributed by atoms with Gasteiger partial charge in [-0.2, -0.15) is 0 Å². The second-order valence-electron chi connectivity index (χ2n) is 13.1. The van der Waals surface area contributed by atoms with Crippen LogP contribution >= 0.6 is 0 Å². The maximum absolute atomic E-state index is 15.5. The number of piperazine rings is 1. The lowest BCUT2D eigenvalue weighted by molar-refractivity contribution is -0.132. The van der Waals surface area contributed by atoms with Gasteiger partial charge in [0, 0.05) is 69.4 Å². The number of hydrogen-bond acceptors (Lipinski definition) is 9. The molecule has 1 saturated carbocycles. The normalized spacial score (nSPS) is 16.3. The van der Waals surface area contributed by atoms with Crippen molar-refractivity contribution in [3.8, 4) is 28.7 Å². The highest BCUT2D eigenvalue weighted by Gasteiger charge is 2.56. The molecular weight excluding hydrogens is 657 g/mol. The molecule has 2 fully saturated rings. The van der Waals surface area contributed by atoms with Crippen molar-refractivity contribution in [2.45, 2.75) is 33.1 Å². The number of nitrogens with zero attached hydrogens (tertiary/aromatic N) is 3. The number of halogens is 1. The number of anilines is 2. The van der Waals surface area contributed by atoms with E-state index in [9.17, 15) is 14.4 Å². The second kappa shape index (κ2) is 14.4. The van der Waals surface area contributed by atoms with Gasteiger partial charge in [-0.15, -0.1) is 0 Å². The summed E-state index contributed by atoms with van der Waals surface area (Å²) in [5.41, 5.74) is 1.18. The molecule has 3 heterocycles. The minimum atomic E-state index is -1.21. The number of rotatable bonds is 11. The van der Waals surface area contributed by atoms with Crippen molar-refractivity contribution in [1.29, 1.82) is 0 Å². The van der Waals surface area contributed by atoms with Crippen LogP contribution in [0.1, 0.15) is 31.7 Å². The molecule has 13 heteroatoms. The van der Waals surface area contributed by atoms with Gasteiger partial charge in [-0.05, 0) is 56.5 Å². The standard InChI is InChI=1S/C38H40FN5O7/c1-24-4-6-26(7-5-24)41-36(46)38(11-12-38)37(47)42-27-8-9-30(28(39)22-27)51-31-10-13-40-29-23-32(34-35(33(29)31)50-21-20-49-34)48-19-3-14-43-15-17-44(18-16-43)25(2)45/h4-10,13,22-23H,3,11-12,14-21H2,1-2H3,(H,41,46)(H,42,47). The molecule has 3 amide bonds. The number of benzene rings is 3. The SMILES string of the molecule is CC(=O)N1CCN(CCCOc2cc3nccc(Oc4ccc(NC(=O)C5(C(=O)Nc6ccc(C)cc6)CC5)cc4F)c3c3c2OCCO3)CC1. The second-order valence-corrected chi connectivity index (χ2v) is 13.1. The minimum Gasteiger partial charge on any atom is -0.489 e. The van der Waals surface area contributed by atoms with E-state index in [-0.39, 0.29) is 17.3 Å². The van der Waals surface area contributed by atoms with Gasteiger partial charge in [-0.1, -0.05) is 17.7 Å². The van der Waals surface area contributed by atoms with Crippen LogP contribution in [0.15, 0.2) is 60.8 Å². The summed E-state index contributed by atoms with van der Waals surface area (Å²) in [5.74, 6) is 0.0767. The van der Waals surface area contributed by atoms with E-state index in [1.807, 2.05) is 24.0 Å². The molecule has 7 rings (SSSR count). The summed E-state index contributed by atoms with van der Waals surface area (Å²) in [4.78, 5) is 46.5. The third-order valence-corrected chi connectivity index (χ3v) is 9.48. The number of carbonyl (C=O) groups excluding carboxylic acids is 3. The zero-order valence-electron chi connectivity index (χ0n) is 28.6. The van der Waals surface area contributed by atoms with Crippen molar-refractivity contribution in [3.63, 3.8) is 0 Å². The summed E-state index contributed by atoms with van der Waals surface area (Å²) in [7, 11) is 0. The number of carbonyl (C=O) groups is 3. The highest BCUT2D eigenvalue weighted by molar-refractivity contribution is 6.17. The number of aromatic nitrogens is 1. The number of ether oxygens (including phenoxy) is 4. The molecule has 0 unspecified atom stereocenters. The maximum Gasteiger partial charge on any atom is 0.240 e. The Labute approximate surface area is 294 Å². The average molecular weight is 698 g/mol. The molecule has 2 N–H and O–H groups in total. The van der Waals surface area contributed by atoms with Crippen molar-refractivity contribution in [3.05, 3.63) is 72.2 Å². The van der Waals surface area contributed by atoms with Crippen LogP contribution in [0, 0.1) is 18.2 Å². The highest BCUT2D eigenvalue weighted by atomic mass is 19.1. The molecule has 2 aliphatic heterocycles. The third-order valence-electron chi connectivity index (χ3n) is 9.48. The summed E-state index contributed by atoms with van der Waals surface area (Å²) < 4.78 is 39.7. The lowest BCUT2D eigenvalue weighted by Gasteiger charge is -2.34. The van der Waals surface area contributed by atoms with Crippen LogP contribution in [0.5, 0.6) is 28.7 Å². The Morgan fingerprint density at radius 2 is 1.55 bits per heavy atom. The Morgan fingerprint density at radius 1 is 0.863 bits per heavy atom. The first-order chi connectivity index (χ1) is 24.7. The van der Waals surface area contributed by atoms with E-state index in [4.69, 9.17) is 18.9 Å². The molecule has 0 spiro atoms. The zero-order chi connectivity index (χ0) is 35.5. The summed E-state index contributed by atoms with van der Waals surface area (Å²) >= 11 is 0. The van der Waals surface area contributed by atoms with Gasteiger partial charge < -0.3 is 34.5 Å². The molecule has 1 aromatic heterocycles. The van der Waals surface area contributed by atoms with Crippen LogP contribution in [0.25, 0.3) is 10.9 Å². The van der Waals surface area contributed by atoms with E-state index >= 15 is 4.39 Å². The topological polar surface area (TPSA) is 132 Å². The van der Waals surface area contributed by atoms with E-state index < -0.39 is 23.0 Å². The Morgan fingerprint density at radius 3 is 2.24 bits per heavy atom. The monoisotopic (exact) mass is 697 g/mol. The van der Waals surface area contributed by atoms with E-state index in [0.29, 0.717) is 72.3 Å². The number of nitrogens with one attached hydrogen (secondary N) is 2. The van der Waals surface area contributed by atoms with E-state index in [1.54, 1.807) is 37.4 Å². The van der Waals surface area contributed by atoms with Crippen molar-refractivity contribution in [2.75, 3.05) is 63.2 Å². The number of fused-ring (bicyclic) bond motifs is 3. The first-order valence-corrected chi connectivity index (χ1v) is 17.2. The van der Waals surface area contributed by atoms with Crippen molar-refractivity contribution in [1.82, 2.24) is 14.8 Å². The predicted molar refractivity (Wildman–Crippen MR) is 188 cm³/mol. The Bertz CT molecular complexity index is 1960. The molecule has 12 nitrogen and oxygen atoms in total. The smallest absolute Gasteiger partial charge is 0.240 e. The summed E-state index contributed by atoms with van der Waals surface area (Å²) in [6.07, 6.45) is 3.14. The molecule has 51 heavy (non-hydrogen) atoms. The average Bonchev–Trinajstić information content (AvgIpc) is 3.95. The minimum absolute atomic E-state index is 0.0753.